The molecule has 0 amide bonds. The number of hydrogen-bond donors (Lipinski definition) is 2. The van der Waals surface area contributed by atoms with Crippen LogP contribution in [0.2, 0.25) is 0 Å². The van der Waals surface area contributed by atoms with Crippen LogP contribution in [-0.2, 0) is 5.41 Å². The van der Waals surface area contributed by atoms with Crippen molar-refractivity contribution in [2.24, 2.45) is 11.8 Å². The maximum absolute atomic E-state index is 6.07. The Bertz CT molecular complexity index is 1500. The van der Waals surface area contributed by atoms with Crippen molar-refractivity contribution in [3.05, 3.63) is 102 Å². The van der Waals surface area contributed by atoms with E-state index in [4.69, 9.17) is 10.2 Å². The van der Waals surface area contributed by atoms with Crippen LogP contribution >= 0.6 is 0 Å². The molecule has 0 saturated heterocycles. The normalized spacial score (nSPS) is 23.6. The minimum atomic E-state index is 0.107. The summed E-state index contributed by atoms with van der Waals surface area (Å²) in [5.74, 6) is 1.55. The lowest BCUT2D eigenvalue weighted by atomic mass is 9.64. The summed E-state index contributed by atoms with van der Waals surface area (Å²) >= 11 is 0. The third-order valence-electron chi connectivity index (χ3n) is 8.36. The van der Waals surface area contributed by atoms with Gasteiger partial charge in [-0.25, -0.2) is 0 Å². The van der Waals surface area contributed by atoms with E-state index in [1.807, 2.05) is 24.3 Å². The molecule has 168 valence electrons. The summed E-state index contributed by atoms with van der Waals surface area (Å²) in [4.78, 5) is 0. The van der Waals surface area contributed by atoms with Crippen LogP contribution in [0.25, 0.3) is 21.9 Å². The summed E-state index contributed by atoms with van der Waals surface area (Å²) < 4.78 is 6.07. The SMILES string of the molecule is Nc1ccc(C2(c3ccc(Nc4cccc5oc6ccccc6c45)cc3)CC3CCC2C3)cc1. The van der Waals surface area contributed by atoms with Crippen molar-refractivity contribution in [2.45, 2.75) is 31.1 Å². The first-order chi connectivity index (χ1) is 16.7. The highest BCUT2D eigenvalue weighted by atomic mass is 16.3. The number of furan rings is 1. The van der Waals surface area contributed by atoms with Crippen LogP contribution < -0.4 is 11.1 Å². The molecule has 0 radical (unpaired) electrons. The van der Waals surface area contributed by atoms with Gasteiger partial charge in [0.1, 0.15) is 11.2 Å². The summed E-state index contributed by atoms with van der Waals surface area (Å²) in [6, 6.07) is 32.2. The van der Waals surface area contributed by atoms with Crippen LogP contribution in [0.4, 0.5) is 17.1 Å². The summed E-state index contributed by atoms with van der Waals surface area (Å²) in [5, 5.41) is 5.93. The van der Waals surface area contributed by atoms with Gasteiger partial charge in [-0.15, -0.1) is 0 Å². The molecule has 3 atom stereocenters. The van der Waals surface area contributed by atoms with Gasteiger partial charge in [-0.2, -0.15) is 0 Å². The maximum atomic E-state index is 6.07. The van der Waals surface area contributed by atoms with Gasteiger partial charge in [-0.3, -0.25) is 0 Å². The molecule has 3 N–H and O–H groups in total. The number of para-hydroxylation sites is 1. The number of anilines is 3. The molecule has 1 heterocycles. The van der Waals surface area contributed by atoms with E-state index in [1.165, 1.54) is 36.8 Å². The Kier molecular flexibility index (Phi) is 4.29. The Hall–Kier alpha value is -3.72. The Labute approximate surface area is 199 Å². The molecule has 2 bridgehead atoms. The molecular formula is C31H28N2O. The van der Waals surface area contributed by atoms with Gasteiger partial charge >= 0.3 is 0 Å². The largest absolute Gasteiger partial charge is 0.456 e. The highest BCUT2D eigenvalue weighted by molar-refractivity contribution is 6.11. The smallest absolute Gasteiger partial charge is 0.137 e. The van der Waals surface area contributed by atoms with E-state index >= 15 is 0 Å². The number of rotatable bonds is 4. The van der Waals surface area contributed by atoms with Crippen molar-refractivity contribution in [1.82, 2.24) is 0 Å². The molecule has 2 aliphatic rings. The molecule has 2 aliphatic carbocycles. The van der Waals surface area contributed by atoms with Crippen LogP contribution in [0.5, 0.6) is 0 Å². The van der Waals surface area contributed by atoms with E-state index in [-0.39, 0.29) is 5.41 Å². The molecule has 34 heavy (non-hydrogen) atoms. The van der Waals surface area contributed by atoms with Crippen LogP contribution in [0.1, 0.15) is 36.8 Å². The highest BCUT2D eigenvalue weighted by Gasteiger charge is 2.52. The number of hydrogen-bond acceptors (Lipinski definition) is 3. The summed E-state index contributed by atoms with van der Waals surface area (Å²) in [6.07, 6.45) is 5.29. The minimum Gasteiger partial charge on any atom is -0.456 e. The quantitative estimate of drug-likeness (QED) is 0.276. The molecule has 1 aromatic heterocycles. The van der Waals surface area contributed by atoms with Gasteiger partial charge in [0.2, 0.25) is 0 Å². The van der Waals surface area contributed by atoms with E-state index < -0.39 is 0 Å². The average Bonchev–Trinajstić information content (AvgIpc) is 3.58. The molecule has 0 spiro atoms. The monoisotopic (exact) mass is 444 g/mol. The molecule has 3 nitrogen and oxygen atoms in total. The van der Waals surface area contributed by atoms with Gasteiger partial charge < -0.3 is 15.5 Å². The summed E-state index contributed by atoms with van der Waals surface area (Å²) in [7, 11) is 0. The molecular weight excluding hydrogens is 416 g/mol. The molecule has 5 aromatic rings. The maximum Gasteiger partial charge on any atom is 0.137 e. The van der Waals surface area contributed by atoms with E-state index in [2.05, 4.69) is 72.0 Å². The van der Waals surface area contributed by atoms with Crippen molar-refractivity contribution in [3.63, 3.8) is 0 Å². The molecule has 2 fully saturated rings. The number of nitrogen functional groups attached to an aromatic ring is 1. The molecule has 2 saturated carbocycles. The van der Waals surface area contributed by atoms with E-state index in [1.54, 1.807) is 0 Å². The molecule has 4 aromatic carbocycles. The minimum absolute atomic E-state index is 0.107. The Morgan fingerprint density at radius 1 is 0.765 bits per heavy atom. The van der Waals surface area contributed by atoms with Gasteiger partial charge in [-0.05, 0) is 84.7 Å². The first-order valence-electron chi connectivity index (χ1n) is 12.3. The van der Waals surface area contributed by atoms with Gasteiger partial charge in [0.15, 0.2) is 0 Å². The van der Waals surface area contributed by atoms with Crippen LogP contribution in [-0.4, -0.2) is 0 Å². The third-order valence-corrected chi connectivity index (χ3v) is 8.36. The molecule has 7 rings (SSSR count). The van der Waals surface area contributed by atoms with Crippen molar-refractivity contribution in [2.75, 3.05) is 11.1 Å². The van der Waals surface area contributed by atoms with E-state index in [9.17, 15) is 0 Å². The number of fused-ring (bicyclic) bond motifs is 5. The van der Waals surface area contributed by atoms with E-state index in [0.29, 0.717) is 5.92 Å². The molecule has 3 unspecified atom stereocenters. The Balaban J connectivity index is 1.27. The first-order valence-corrected chi connectivity index (χ1v) is 12.3. The van der Waals surface area contributed by atoms with Gasteiger partial charge in [0.05, 0.1) is 11.1 Å². The average molecular weight is 445 g/mol. The number of nitrogens with one attached hydrogen (secondary N) is 1. The van der Waals surface area contributed by atoms with Crippen molar-refractivity contribution >= 4 is 39.0 Å². The van der Waals surface area contributed by atoms with Gasteiger partial charge in [0, 0.05) is 22.2 Å². The van der Waals surface area contributed by atoms with Crippen LogP contribution in [0, 0.1) is 11.8 Å². The van der Waals surface area contributed by atoms with Crippen molar-refractivity contribution < 1.29 is 4.42 Å². The zero-order valence-corrected chi connectivity index (χ0v) is 19.1. The predicted molar refractivity (Wildman–Crippen MR) is 141 cm³/mol. The van der Waals surface area contributed by atoms with Crippen LogP contribution in [0.15, 0.2) is 95.4 Å². The second kappa shape index (κ2) is 7.39. The number of nitrogens with two attached hydrogens (primary N) is 1. The van der Waals surface area contributed by atoms with Gasteiger partial charge in [0.25, 0.3) is 0 Å². The molecule has 0 aliphatic heterocycles. The van der Waals surface area contributed by atoms with Crippen LogP contribution in [0.3, 0.4) is 0 Å². The highest BCUT2D eigenvalue weighted by Crippen LogP contribution is 2.60. The molecule has 3 heteroatoms. The topological polar surface area (TPSA) is 51.2 Å². The summed E-state index contributed by atoms with van der Waals surface area (Å²) in [5.41, 5.74) is 13.8. The van der Waals surface area contributed by atoms with Crippen molar-refractivity contribution in [1.29, 1.82) is 0 Å². The zero-order chi connectivity index (χ0) is 22.7. The fourth-order valence-electron chi connectivity index (χ4n) is 6.87. The second-order valence-corrected chi connectivity index (χ2v) is 10.2. The zero-order valence-electron chi connectivity index (χ0n) is 19.1. The lowest BCUT2D eigenvalue weighted by Gasteiger charge is -2.39. The van der Waals surface area contributed by atoms with E-state index in [0.717, 1.165) is 44.9 Å². The Morgan fingerprint density at radius 3 is 2.24 bits per heavy atom. The fourth-order valence-corrected chi connectivity index (χ4v) is 6.87. The Morgan fingerprint density at radius 2 is 1.50 bits per heavy atom. The second-order valence-electron chi connectivity index (χ2n) is 10.2. The first kappa shape index (κ1) is 19.7. The predicted octanol–water partition coefficient (Wildman–Crippen LogP) is 8.02. The lowest BCUT2D eigenvalue weighted by Crippen LogP contribution is -2.34. The standard InChI is InChI=1S/C31H28N2O/c32-24-14-10-21(11-15-24)31(19-20-8-9-23(31)18-20)22-12-16-25(17-13-22)33-27-5-3-7-29-30(27)26-4-1-2-6-28(26)34-29/h1-7,10-17,20,23,33H,8-9,18-19,32H2. The lowest BCUT2D eigenvalue weighted by molar-refractivity contribution is 0.320. The number of benzene rings is 4. The van der Waals surface area contributed by atoms with Gasteiger partial charge in [-0.1, -0.05) is 55.0 Å². The summed E-state index contributed by atoms with van der Waals surface area (Å²) in [6.45, 7) is 0. The fraction of sp³-hybridized carbons (Fsp3) is 0.226. The van der Waals surface area contributed by atoms with Crippen molar-refractivity contribution in [3.8, 4) is 0 Å². The third kappa shape index (κ3) is 2.89.